The van der Waals surface area contributed by atoms with Gasteiger partial charge in [0, 0.05) is 24.2 Å². The molecular formula is C27H32N2O4. The molecule has 3 aromatic rings. The summed E-state index contributed by atoms with van der Waals surface area (Å²) in [7, 11) is 1.67. The minimum Gasteiger partial charge on any atom is -0.497 e. The van der Waals surface area contributed by atoms with Crippen LogP contribution in [0.3, 0.4) is 0 Å². The van der Waals surface area contributed by atoms with Gasteiger partial charge in [-0.05, 0) is 73.2 Å². The molecule has 0 radical (unpaired) electrons. The fourth-order valence-electron chi connectivity index (χ4n) is 5.29. The molecule has 3 saturated heterocycles. The van der Waals surface area contributed by atoms with E-state index in [1.54, 1.807) is 43.6 Å². The predicted molar refractivity (Wildman–Crippen MR) is 129 cm³/mol. The summed E-state index contributed by atoms with van der Waals surface area (Å²) in [4.78, 5) is 17.1. The van der Waals surface area contributed by atoms with Crippen LogP contribution in [0.5, 0.6) is 5.75 Å². The summed E-state index contributed by atoms with van der Waals surface area (Å²) in [5.41, 5.74) is 2.22. The van der Waals surface area contributed by atoms with Crippen LogP contribution in [0.25, 0.3) is 10.9 Å². The first-order valence-corrected chi connectivity index (χ1v) is 11.6. The summed E-state index contributed by atoms with van der Waals surface area (Å²) in [5.74, 6) is 1.50. The third-order valence-electron chi connectivity index (χ3n) is 7.15. The fraction of sp³-hybridized carbons (Fsp3) is 0.407. The Hall–Kier alpha value is -2.96. The summed E-state index contributed by atoms with van der Waals surface area (Å²) < 4.78 is 5.36. The second-order valence-corrected chi connectivity index (χ2v) is 8.91. The highest BCUT2D eigenvalue weighted by atomic mass is 16.5. The van der Waals surface area contributed by atoms with Crippen LogP contribution >= 0.6 is 0 Å². The Labute approximate surface area is 194 Å². The Morgan fingerprint density at radius 2 is 2.00 bits per heavy atom. The van der Waals surface area contributed by atoms with Gasteiger partial charge < -0.3 is 14.9 Å². The van der Waals surface area contributed by atoms with E-state index in [1.165, 1.54) is 12.8 Å². The van der Waals surface area contributed by atoms with E-state index in [2.05, 4.69) is 16.8 Å². The lowest BCUT2D eigenvalue weighted by molar-refractivity contribution is -0.0562. The second-order valence-electron chi connectivity index (χ2n) is 8.91. The van der Waals surface area contributed by atoms with E-state index >= 15 is 0 Å². The van der Waals surface area contributed by atoms with Crippen LogP contribution in [0.1, 0.15) is 48.2 Å². The minimum atomic E-state index is -0.879. The Bertz CT molecular complexity index is 1090. The predicted octanol–water partition coefficient (Wildman–Crippen LogP) is 4.78. The third kappa shape index (κ3) is 5.02. The molecule has 2 bridgehead atoms. The fourth-order valence-corrected chi connectivity index (χ4v) is 5.29. The minimum absolute atomic E-state index is 0.225. The van der Waals surface area contributed by atoms with Crippen molar-refractivity contribution in [1.82, 2.24) is 9.88 Å². The lowest BCUT2D eigenvalue weighted by Crippen LogP contribution is -2.55. The first-order valence-electron chi connectivity index (χ1n) is 11.6. The number of aromatic carboxylic acids is 1. The maximum Gasteiger partial charge on any atom is 0.335 e. The number of rotatable bonds is 5. The molecule has 174 valence electrons. The van der Waals surface area contributed by atoms with Crippen molar-refractivity contribution in [2.45, 2.75) is 38.3 Å². The zero-order chi connectivity index (χ0) is 23.4. The van der Waals surface area contributed by atoms with Gasteiger partial charge in [-0.25, -0.2) is 4.79 Å². The number of hydrogen-bond donors (Lipinski definition) is 2. The van der Waals surface area contributed by atoms with Crippen molar-refractivity contribution in [2.24, 2.45) is 11.8 Å². The first kappa shape index (κ1) is 23.2. The Morgan fingerprint density at radius 3 is 2.61 bits per heavy atom. The standard InChI is InChI=1S/C20H26N2O2.C7H6O2/c1-3-13-12-22-9-7-14(13)10-19(22)20(23)16-6-8-21-18-5-4-15(24-2)11-17(16)18;8-7(9)6-4-2-1-3-5-6/h4-6,8,11,13-14,19-20,23H,3,7,9-10,12H2,1-2H3;1-5H,(H,8,9)/t13-,14?,19-,20+;/m1./s1. The van der Waals surface area contributed by atoms with Gasteiger partial charge in [0.1, 0.15) is 5.75 Å². The number of hydrogen-bond acceptors (Lipinski definition) is 5. The number of nitrogens with zero attached hydrogens (tertiary/aromatic N) is 2. The molecule has 4 heterocycles. The lowest BCUT2D eigenvalue weighted by atomic mass is 9.72. The molecule has 0 saturated carbocycles. The SMILES string of the molecule is CC[C@@H]1CN2CCC1C[C@@H]2[C@@H](O)c1ccnc2ccc(OC)cc12.O=C(O)c1ccccc1. The van der Waals surface area contributed by atoms with Crippen molar-refractivity contribution in [3.63, 3.8) is 0 Å². The normalized spacial score (nSPS) is 24.6. The Morgan fingerprint density at radius 1 is 1.21 bits per heavy atom. The zero-order valence-corrected chi connectivity index (χ0v) is 19.2. The summed E-state index contributed by atoms with van der Waals surface area (Å²) in [6.07, 6.45) is 4.97. The van der Waals surface area contributed by atoms with Crippen molar-refractivity contribution >= 4 is 16.9 Å². The molecule has 3 aliphatic heterocycles. The van der Waals surface area contributed by atoms with E-state index in [0.29, 0.717) is 5.56 Å². The molecule has 1 aromatic heterocycles. The van der Waals surface area contributed by atoms with Crippen LogP contribution in [0.2, 0.25) is 0 Å². The van der Waals surface area contributed by atoms with Crippen molar-refractivity contribution in [1.29, 1.82) is 0 Å². The van der Waals surface area contributed by atoms with E-state index in [9.17, 15) is 9.90 Å². The third-order valence-corrected chi connectivity index (χ3v) is 7.15. The van der Waals surface area contributed by atoms with E-state index in [4.69, 9.17) is 9.84 Å². The molecule has 5 atom stereocenters. The highest BCUT2D eigenvalue weighted by Gasteiger charge is 2.42. The zero-order valence-electron chi connectivity index (χ0n) is 19.2. The summed E-state index contributed by atoms with van der Waals surface area (Å²) >= 11 is 0. The number of aromatic nitrogens is 1. The highest BCUT2D eigenvalue weighted by Crippen LogP contribution is 2.42. The van der Waals surface area contributed by atoms with Gasteiger partial charge in [-0.15, -0.1) is 0 Å². The molecule has 6 heteroatoms. The number of pyridine rings is 1. The summed E-state index contributed by atoms with van der Waals surface area (Å²) in [6.45, 7) is 4.55. The maximum absolute atomic E-state index is 11.2. The molecule has 0 amide bonds. The van der Waals surface area contributed by atoms with Crippen LogP contribution in [-0.4, -0.2) is 52.3 Å². The van der Waals surface area contributed by atoms with Gasteiger partial charge in [0.25, 0.3) is 0 Å². The molecular weight excluding hydrogens is 416 g/mol. The number of methoxy groups -OCH3 is 1. The number of benzene rings is 2. The number of aliphatic hydroxyl groups excluding tert-OH is 1. The molecule has 0 aliphatic carbocycles. The number of carbonyl (C=O) groups is 1. The van der Waals surface area contributed by atoms with Gasteiger partial charge in [0.05, 0.1) is 24.3 Å². The molecule has 33 heavy (non-hydrogen) atoms. The van der Waals surface area contributed by atoms with Crippen LogP contribution in [0.4, 0.5) is 0 Å². The van der Waals surface area contributed by atoms with Crippen molar-refractivity contribution in [2.75, 3.05) is 20.2 Å². The molecule has 3 fully saturated rings. The van der Waals surface area contributed by atoms with Crippen molar-refractivity contribution in [3.8, 4) is 5.75 Å². The Balaban J connectivity index is 0.000000243. The van der Waals surface area contributed by atoms with Crippen molar-refractivity contribution in [3.05, 3.63) is 71.9 Å². The number of fused-ring (bicyclic) bond motifs is 4. The average Bonchev–Trinajstić information content (AvgIpc) is 2.88. The largest absolute Gasteiger partial charge is 0.497 e. The summed E-state index contributed by atoms with van der Waals surface area (Å²) in [5, 5.41) is 20.6. The molecule has 2 unspecified atom stereocenters. The van der Waals surface area contributed by atoms with Gasteiger partial charge in [-0.3, -0.25) is 9.88 Å². The maximum atomic E-state index is 11.2. The number of carboxylic acid groups (broad SMARTS) is 1. The second kappa shape index (κ2) is 10.3. The molecule has 2 aromatic carbocycles. The van der Waals surface area contributed by atoms with Gasteiger partial charge in [0.15, 0.2) is 0 Å². The smallest absolute Gasteiger partial charge is 0.335 e. The highest BCUT2D eigenvalue weighted by molar-refractivity contribution is 5.87. The van der Waals surface area contributed by atoms with E-state index in [1.807, 2.05) is 24.3 Å². The number of aliphatic hydroxyl groups is 1. The quantitative estimate of drug-likeness (QED) is 0.584. The molecule has 3 aliphatic rings. The van der Waals surface area contributed by atoms with Crippen LogP contribution in [0, 0.1) is 11.8 Å². The van der Waals surface area contributed by atoms with Gasteiger partial charge in [-0.1, -0.05) is 31.5 Å². The topological polar surface area (TPSA) is 82.9 Å². The van der Waals surface area contributed by atoms with Gasteiger partial charge in [0.2, 0.25) is 0 Å². The monoisotopic (exact) mass is 448 g/mol. The molecule has 6 rings (SSSR count). The Kier molecular flexibility index (Phi) is 7.26. The number of piperidine rings is 3. The lowest BCUT2D eigenvalue weighted by Gasteiger charge is -2.51. The van der Waals surface area contributed by atoms with Crippen LogP contribution in [-0.2, 0) is 0 Å². The van der Waals surface area contributed by atoms with Crippen molar-refractivity contribution < 1.29 is 19.7 Å². The van der Waals surface area contributed by atoms with E-state index < -0.39 is 12.1 Å². The molecule has 2 N–H and O–H groups in total. The van der Waals surface area contributed by atoms with Gasteiger partial charge in [-0.2, -0.15) is 0 Å². The molecule has 6 nitrogen and oxygen atoms in total. The van der Waals surface area contributed by atoms with E-state index in [-0.39, 0.29) is 6.04 Å². The average molecular weight is 449 g/mol. The van der Waals surface area contributed by atoms with Gasteiger partial charge >= 0.3 is 5.97 Å². The van der Waals surface area contributed by atoms with Crippen LogP contribution in [0.15, 0.2) is 60.8 Å². The molecule has 0 spiro atoms. The first-order chi connectivity index (χ1) is 16.0. The number of ether oxygens (including phenoxy) is 1. The van der Waals surface area contributed by atoms with E-state index in [0.717, 1.165) is 53.6 Å². The van der Waals surface area contributed by atoms with Crippen LogP contribution < -0.4 is 4.74 Å². The number of carboxylic acids is 1. The summed E-state index contributed by atoms with van der Waals surface area (Å²) in [6, 6.07) is 16.4.